The summed E-state index contributed by atoms with van der Waals surface area (Å²) in [6, 6.07) is 14.0. The smallest absolute Gasteiger partial charge is 0.261 e. The van der Waals surface area contributed by atoms with Crippen molar-refractivity contribution in [1.29, 1.82) is 0 Å². The molecule has 1 heterocycles. The number of amides is 1. The minimum atomic E-state index is -0.458. The third kappa shape index (κ3) is 5.20. The molecule has 0 aliphatic heterocycles. The topological polar surface area (TPSA) is 73.7 Å². The first-order valence-corrected chi connectivity index (χ1v) is 10.8. The Hall–Kier alpha value is -2.55. The van der Waals surface area contributed by atoms with Crippen LogP contribution in [0.25, 0.3) is 10.9 Å². The molecule has 0 saturated carbocycles. The van der Waals surface area contributed by atoms with E-state index < -0.39 is 6.04 Å². The molecule has 0 bridgehead atoms. The quantitative estimate of drug-likeness (QED) is 0.460. The molecule has 7 nitrogen and oxygen atoms in total. The first-order chi connectivity index (χ1) is 15.0. The first kappa shape index (κ1) is 23.1. The van der Waals surface area contributed by atoms with Crippen LogP contribution in [0.5, 0.6) is 0 Å². The van der Waals surface area contributed by atoms with E-state index in [1.165, 1.54) is 0 Å². The van der Waals surface area contributed by atoms with Gasteiger partial charge < -0.3 is 14.4 Å². The van der Waals surface area contributed by atoms with Gasteiger partial charge in [0.1, 0.15) is 5.82 Å². The number of hydrogen-bond donors (Lipinski definition) is 0. The van der Waals surface area contributed by atoms with E-state index >= 15 is 0 Å². The number of fused-ring (bicyclic) bond motifs is 1. The maximum atomic E-state index is 13.4. The van der Waals surface area contributed by atoms with Crippen molar-refractivity contribution >= 4 is 32.7 Å². The number of halogens is 1. The van der Waals surface area contributed by atoms with Crippen LogP contribution in [0.3, 0.4) is 0 Å². The van der Waals surface area contributed by atoms with Crippen molar-refractivity contribution in [3.8, 4) is 0 Å². The molecule has 0 spiro atoms. The Morgan fingerprint density at radius 1 is 1.10 bits per heavy atom. The molecule has 1 aromatic heterocycles. The van der Waals surface area contributed by atoms with Crippen molar-refractivity contribution in [2.45, 2.75) is 19.5 Å². The SMILES string of the molecule is COCCN(C(=O)c1ccc(Br)cc1)C(C)c1nc2ccccc2c(=O)n1CCOC. The van der Waals surface area contributed by atoms with E-state index in [4.69, 9.17) is 14.5 Å². The summed E-state index contributed by atoms with van der Waals surface area (Å²) in [5.41, 5.74) is 1.01. The molecule has 0 radical (unpaired) electrons. The van der Waals surface area contributed by atoms with Crippen molar-refractivity contribution in [2.75, 3.05) is 34.0 Å². The highest BCUT2D eigenvalue weighted by Crippen LogP contribution is 2.23. The number of rotatable bonds is 9. The zero-order valence-corrected chi connectivity index (χ0v) is 19.5. The van der Waals surface area contributed by atoms with E-state index in [1.54, 1.807) is 41.9 Å². The fourth-order valence-electron chi connectivity index (χ4n) is 3.46. The van der Waals surface area contributed by atoms with Gasteiger partial charge in [0.05, 0.1) is 36.7 Å². The Balaban J connectivity index is 2.09. The summed E-state index contributed by atoms with van der Waals surface area (Å²) >= 11 is 3.40. The van der Waals surface area contributed by atoms with Gasteiger partial charge in [-0.1, -0.05) is 28.1 Å². The molecule has 3 aromatic rings. The minimum Gasteiger partial charge on any atom is -0.383 e. The van der Waals surface area contributed by atoms with Crippen molar-refractivity contribution in [1.82, 2.24) is 14.5 Å². The lowest BCUT2D eigenvalue weighted by Gasteiger charge is -2.30. The zero-order valence-electron chi connectivity index (χ0n) is 17.9. The Morgan fingerprint density at radius 2 is 1.77 bits per heavy atom. The average molecular weight is 488 g/mol. The van der Waals surface area contributed by atoms with Crippen LogP contribution in [0, 0.1) is 0 Å². The second-order valence-corrected chi connectivity index (χ2v) is 8.03. The number of aromatic nitrogens is 2. The molecule has 0 aliphatic carbocycles. The van der Waals surface area contributed by atoms with E-state index in [0.29, 0.717) is 48.6 Å². The molecule has 0 saturated heterocycles. The second-order valence-electron chi connectivity index (χ2n) is 7.11. The van der Waals surface area contributed by atoms with Gasteiger partial charge in [-0.25, -0.2) is 4.98 Å². The van der Waals surface area contributed by atoms with Gasteiger partial charge in [-0.2, -0.15) is 0 Å². The third-order valence-corrected chi connectivity index (χ3v) is 5.67. The van der Waals surface area contributed by atoms with Gasteiger partial charge in [-0.15, -0.1) is 0 Å². The summed E-state index contributed by atoms with van der Waals surface area (Å²) in [5.74, 6) is 0.361. The number of para-hydroxylation sites is 1. The van der Waals surface area contributed by atoms with Gasteiger partial charge in [-0.3, -0.25) is 14.2 Å². The molecule has 0 aliphatic rings. The number of benzene rings is 2. The molecule has 31 heavy (non-hydrogen) atoms. The number of methoxy groups -OCH3 is 2. The van der Waals surface area contributed by atoms with Gasteiger partial charge >= 0.3 is 0 Å². The van der Waals surface area contributed by atoms with Gasteiger partial charge in [0, 0.05) is 30.8 Å². The van der Waals surface area contributed by atoms with Crippen LogP contribution in [0.2, 0.25) is 0 Å². The molecule has 1 atom stereocenters. The lowest BCUT2D eigenvalue weighted by Crippen LogP contribution is -2.40. The number of carbonyl (C=O) groups excluding carboxylic acids is 1. The molecule has 0 fully saturated rings. The van der Waals surface area contributed by atoms with Crippen LogP contribution < -0.4 is 5.56 Å². The maximum absolute atomic E-state index is 13.4. The van der Waals surface area contributed by atoms with E-state index in [1.807, 2.05) is 37.3 Å². The molecule has 3 rings (SSSR count). The summed E-state index contributed by atoms with van der Waals surface area (Å²) in [7, 11) is 3.18. The zero-order chi connectivity index (χ0) is 22.4. The molecule has 164 valence electrons. The summed E-state index contributed by atoms with van der Waals surface area (Å²) in [6.45, 7) is 3.31. The van der Waals surface area contributed by atoms with Crippen LogP contribution in [0.15, 0.2) is 57.8 Å². The first-order valence-electron chi connectivity index (χ1n) is 10.0. The van der Waals surface area contributed by atoms with Crippen LogP contribution in [-0.2, 0) is 16.0 Å². The van der Waals surface area contributed by atoms with Crippen LogP contribution in [0.4, 0.5) is 0 Å². The molecule has 1 amide bonds. The van der Waals surface area contributed by atoms with Gasteiger partial charge in [0.25, 0.3) is 11.5 Å². The minimum absolute atomic E-state index is 0.146. The molecule has 2 aromatic carbocycles. The highest BCUT2D eigenvalue weighted by molar-refractivity contribution is 9.10. The summed E-state index contributed by atoms with van der Waals surface area (Å²) in [6.07, 6.45) is 0. The second kappa shape index (κ2) is 10.7. The van der Waals surface area contributed by atoms with E-state index in [-0.39, 0.29) is 11.5 Å². The summed E-state index contributed by atoms with van der Waals surface area (Å²) in [5, 5.41) is 0.539. The molecular formula is C23H26BrN3O4. The van der Waals surface area contributed by atoms with Crippen LogP contribution in [0.1, 0.15) is 29.1 Å². The Kier molecular flexibility index (Phi) is 7.95. The van der Waals surface area contributed by atoms with Crippen molar-refractivity contribution < 1.29 is 14.3 Å². The standard InChI is InChI=1S/C23H26BrN3O4/c1-16(26(12-14-30-2)22(28)17-8-10-18(24)11-9-17)21-25-20-7-5-4-6-19(20)23(29)27(21)13-15-31-3/h4-11,16H,12-15H2,1-3H3. The third-order valence-electron chi connectivity index (χ3n) is 5.14. The maximum Gasteiger partial charge on any atom is 0.261 e. The largest absolute Gasteiger partial charge is 0.383 e. The number of carbonyl (C=O) groups is 1. The highest BCUT2D eigenvalue weighted by atomic mass is 79.9. The monoisotopic (exact) mass is 487 g/mol. The Bertz CT molecular complexity index is 1100. The van der Waals surface area contributed by atoms with E-state index in [0.717, 1.165) is 4.47 Å². The molecule has 0 N–H and O–H groups in total. The van der Waals surface area contributed by atoms with Gasteiger partial charge in [0.2, 0.25) is 0 Å². The summed E-state index contributed by atoms with van der Waals surface area (Å²) < 4.78 is 12.9. The Morgan fingerprint density at radius 3 is 2.45 bits per heavy atom. The Labute approximate surface area is 189 Å². The lowest BCUT2D eigenvalue weighted by atomic mass is 10.1. The van der Waals surface area contributed by atoms with E-state index in [9.17, 15) is 9.59 Å². The lowest BCUT2D eigenvalue weighted by molar-refractivity contribution is 0.0601. The fourth-order valence-corrected chi connectivity index (χ4v) is 3.73. The molecule has 8 heteroatoms. The number of nitrogens with zero attached hydrogens (tertiary/aromatic N) is 3. The highest BCUT2D eigenvalue weighted by Gasteiger charge is 2.27. The summed E-state index contributed by atoms with van der Waals surface area (Å²) in [4.78, 5) is 33.0. The predicted molar refractivity (Wildman–Crippen MR) is 123 cm³/mol. The molecule has 1 unspecified atom stereocenters. The van der Waals surface area contributed by atoms with Crippen molar-refractivity contribution in [3.05, 3.63) is 74.7 Å². The van der Waals surface area contributed by atoms with Crippen LogP contribution in [-0.4, -0.2) is 54.3 Å². The van der Waals surface area contributed by atoms with Gasteiger partial charge in [0.15, 0.2) is 0 Å². The number of ether oxygens (including phenoxy) is 2. The van der Waals surface area contributed by atoms with Crippen molar-refractivity contribution in [2.24, 2.45) is 0 Å². The molecular weight excluding hydrogens is 462 g/mol. The number of hydrogen-bond acceptors (Lipinski definition) is 5. The fraction of sp³-hybridized carbons (Fsp3) is 0.348. The van der Waals surface area contributed by atoms with Crippen LogP contribution >= 0.6 is 15.9 Å². The predicted octanol–water partition coefficient (Wildman–Crippen LogP) is 3.66. The van der Waals surface area contributed by atoms with Crippen molar-refractivity contribution in [3.63, 3.8) is 0 Å². The van der Waals surface area contributed by atoms with E-state index in [2.05, 4.69) is 15.9 Å². The van der Waals surface area contributed by atoms with Gasteiger partial charge in [-0.05, 0) is 43.3 Å². The normalized spacial score (nSPS) is 12.1. The average Bonchev–Trinajstić information content (AvgIpc) is 2.78.